The Labute approximate surface area is 169 Å². The molecule has 1 aromatic heterocycles. The fourth-order valence-corrected chi connectivity index (χ4v) is 3.97. The van der Waals surface area contributed by atoms with E-state index in [-0.39, 0.29) is 11.3 Å². The number of carbonyl (C=O) groups is 2. The number of carbonyl (C=O) groups excluding carboxylic acids is 2. The van der Waals surface area contributed by atoms with Crippen LogP contribution in [0.4, 0.5) is 5.13 Å². The lowest BCUT2D eigenvalue weighted by Crippen LogP contribution is -2.29. The molecule has 8 heteroatoms. The van der Waals surface area contributed by atoms with E-state index in [1.165, 1.54) is 16.2 Å². The molecule has 6 nitrogen and oxygen atoms in total. The number of nitrogens with zero attached hydrogens (tertiary/aromatic N) is 3. The van der Waals surface area contributed by atoms with Crippen molar-refractivity contribution in [2.75, 3.05) is 4.90 Å². The summed E-state index contributed by atoms with van der Waals surface area (Å²) in [6.07, 6.45) is 0. The number of Topliss-reactive ketones (excluding diaryl/α,β-unsaturated/α-hetero) is 1. The second-order valence-electron chi connectivity index (χ2n) is 6.19. The second kappa shape index (κ2) is 7.18. The first kappa shape index (κ1) is 18.3. The number of rotatable bonds is 3. The van der Waals surface area contributed by atoms with Gasteiger partial charge in [0.1, 0.15) is 10.8 Å². The standard InChI is InChI=1S/C20H14ClN3O3S/c1-11-22-23-20(28-11)24-16(12-7-9-14(21)10-8-12)15(18(26)19(24)27)17(25)13-5-3-2-4-6-13/h2-10,16,25H,1H3. The zero-order valence-corrected chi connectivity index (χ0v) is 16.2. The van der Waals surface area contributed by atoms with Crippen molar-refractivity contribution in [1.82, 2.24) is 10.2 Å². The van der Waals surface area contributed by atoms with Crippen LogP contribution in [0.2, 0.25) is 5.02 Å². The summed E-state index contributed by atoms with van der Waals surface area (Å²) in [5, 5.41) is 20.4. The number of hydrogen-bond donors (Lipinski definition) is 1. The number of aryl methyl sites for hydroxylation is 1. The van der Waals surface area contributed by atoms with Crippen molar-refractivity contribution in [2.45, 2.75) is 13.0 Å². The third-order valence-electron chi connectivity index (χ3n) is 4.40. The molecule has 3 aromatic rings. The quantitative estimate of drug-likeness (QED) is 0.398. The molecule has 4 rings (SSSR count). The number of anilines is 1. The van der Waals surface area contributed by atoms with E-state index >= 15 is 0 Å². The van der Waals surface area contributed by atoms with Gasteiger partial charge in [0.25, 0.3) is 5.78 Å². The molecule has 2 heterocycles. The summed E-state index contributed by atoms with van der Waals surface area (Å²) in [7, 11) is 0. The minimum absolute atomic E-state index is 0.00590. The molecule has 140 valence electrons. The third-order valence-corrected chi connectivity index (χ3v) is 5.49. The molecule has 0 saturated carbocycles. The zero-order valence-electron chi connectivity index (χ0n) is 14.7. The van der Waals surface area contributed by atoms with Gasteiger partial charge in [0, 0.05) is 10.6 Å². The van der Waals surface area contributed by atoms with Crippen LogP contribution in [-0.2, 0) is 9.59 Å². The molecule has 1 atom stereocenters. The maximum Gasteiger partial charge on any atom is 0.301 e. The third kappa shape index (κ3) is 3.08. The van der Waals surface area contributed by atoms with Gasteiger partial charge in [-0.05, 0) is 24.6 Å². The van der Waals surface area contributed by atoms with E-state index in [1.54, 1.807) is 61.5 Å². The molecule has 1 fully saturated rings. The van der Waals surface area contributed by atoms with Crippen LogP contribution in [0.25, 0.3) is 5.76 Å². The number of halogens is 1. The molecule has 1 saturated heterocycles. The first-order valence-electron chi connectivity index (χ1n) is 8.39. The Morgan fingerprint density at radius 1 is 1.07 bits per heavy atom. The second-order valence-corrected chi connectivity index (χ2v) is 7.79. The van der Waals surface area contributed by atoms with Crippen molar-refractivity contribution in [1.29, 1.82) is 0 Å². The van der Waals surface area contributed by atoms with Crippen LogP contribution < -0.4 is 4.90 Å². The van der Waals surface area contributed by atoms with Crippen LogP contribution in [-0.4, -0.2) is 27.0 Å². The van der Waals surface area contributed by atoms with Gasteiger partial charge >= 0.3 is 5.91 Å². The lowest BCUT2D eigenvalue weighted by Gasteiger charge is -2.22. The van der Waals surface area contributed by atoms with E-state index in [1.807, 2.05) is 0 Å². The van der Waals surface area contributed by atoms with Gasteiger partial charge in [-0.15, -0.1) is 10.2 Å². The molecule has 1 unspecified atom stereocenters. The van der Waals surface area contributed by atoms with E-state index in [9.17, 15) is 14.7 Å². The highest BCUT2D eigenvalue weighted by molar-refractivity contribution is 7.15. The first-order valence-corrected chi connectivity index (χ1v) is 9.59. The molecule has 2 aromatic carbocycles. The van der Waals surface area contributed by atoms with Crippen LogP contribution in [0.1, 0.15) is 22.2 Å². The monoisotopic (exact) mass is 411 g/mol. The molecular formula is C20H14ClN3O3S. The average molecular weight is 412 g/mol. The lowest BCUT2D eigenvalue weighted by atomic mass is 9.95. The molecule has 0 radical (unpaired) electrons. The topological polar surface area (TPSA) is 83.4 Å². The summed E-state index contributed by atoms with van der Waals surface area (Å²) in [5.74, 6) is -1.76. The summed E-state index contributed by atoms with van der Waals surface area (Å²) < 4.78 is 0. The molecule has 1 aliphatic heterocycles. The molecule has 1 N–H and O–H groups in total. The van der Waals surface area contributed by atoms with Crippen LogP contribution in [0.3, 0.4) is 0 Å². The molecule has 1 aliphatic rings. The van der Waals surface area contributed by atoms with E-state index in [0.717, 1.165) is 0 Å². The first-order chi connectivity index (χ1) is 13.5. The van der Waals surface area contributed by atoms with Crippen LogP contribution in [0, 0.1) is 6.92 Å². The Morgan fingerprint density at radius 3 is 2.36 bits per heavy atom. The van der Waals surface area contributed by atoms with Gasteiger partial charge in [-0.3, -0.25) is 14.5 Å². The zero-order chi connectivity index (χ0) is 19.8. The van der Waals surface area contributed by atoms with E-state index in [4.69, 9.17) is 11.6 Å². The van der Waals surface area contributed by atoms with Gasteiger partial charge in [0.15, 0.2) is 0 Å². The van der Waals surface area contributed by atoms with Crippen LogP contribution in [0.5, 0.6) is 0 Å². The van der Waals surface area contributed by atoms with Gasteiger partial charge in [-0.2, -0.15) is 0 Å². The molecule has 0 aliphatic carbocycles. The normalized spacial score (nSPS) is 18.6. The number of aliphatic hydroxyl groups is 1. The van der Waals surface area contributed by atoms with Crippen molar-refractivity contribution in [3.63, 3.8) is 0 Å². The smallest absolute Gasteiger partial charge is 0.301 e. The van der Waals surface area contributed by atoms with Crippen molar-refractivity contribution in [2.24, 2.45) is 0 Å². The Hall–Kier alpha value is -3.03. The maximum absolute atomic E-state index is 12.9. The Balaban J connectivity index is 1.94. The number of aromatic nitrogens is 2. The number of amides is 1. The maximum atomic E-state index is 12.9. The molecule has 1 amide bonds. The minimum atomic E-state index is -0.829. The average Bonchev–Trinajstić information content (AvgIpc) is 3.24. The van der Waals surface area contributed by atoms with Crippen molar-refractivity contribution >= 4 is 45.5 Å². The summed E-state index contributed by atoms with van der Waals surface area (Å²) >= 11 is 7.20. The SMILES string of the molecule is Cc1nnc(N2C(=O)C(=O)C(=C(O)c3ccccc3)C2c2ccc(Cl)cc2)s1. The predicted octanol–water partition coefficient (Wildman–Crippen LogP) is 4.13. The number of ketones is 1. The number of aliphatic hydroxyl groups excluding tert-OH is 1. The minimum Gasteiger partial charge on any atom is -0.507 e. The number of hydrogen-bond acceptors (Lipinski definition) is 6. The molecule has 0 spiro atoms. The van der Waals surface area contributed by atoms with Crippen molar-refractivity contribution < 1.29 is 14.7 Å². The Morgan fingerprint density at radius 2 is 1.75 bits per heavy atom. The van der Waals surface area contributed by atoms with Gasteiger partial charge in [0.2, 0.25) is 5.13 Å². The summed E-state index contributed by atoms with van der Waals surface area (Å²) in [5.41, 5.74) is 1.09. The van der Waals surface area contributed by atoms with Crippen molar-refractivity contribution in [3.05, 3.63) is 81.3 Å². The van der Waals surface area contributed by atoms with Gasteiger partial charge < -0.3 is 5.11 Å². The van der Waals surface area contributed by atoms with Gasteiger partial charge in [0.05, 0.1) is 11.6 Å². The Bertz CT molecular complexity index is 1090. The van der Waals surface area contributed by atoms with E-state index in [0.29, 0.717) is 26.3 Å². The molecular weight excluding hydrogens is 398 g/mol. The highest BCUT2D eigenvalue weighted by atomic mass is 35.5. The van der Waals surface area contributed by atoms with Crippen LogP contribution in [0.15, 0.2) is 60.2 Å². The van der Waals surface area contributed by atoms with Crippen molar-refractivity contribution in [3.8, 4) is 0 Å². The highest BCUT2D eigenvalue weighted by Crippen LogP contribution is 2.43. The Kier molecular flexibility index (Phi) is 4.70. The van der Waals surface area contributed by atoms with Crippen LogP contribution >= 0.6 is 22.9 Å². The summed E-state index contributed by atoms with van der Waals surface area (Å²) in [6.45, 7) is 1.76. The largest absolute Gasteiger partial charge is 0.507 e. The van der Waals surface area contributed by atoms with Gasteiger partial charge in [-0.25, -0.2) is 0 Å². The fourth-order valence-electron chi connectivity index (χ4n) is 3.13. The fraction of sp³-hybridized carbons (Fsp3) is 0.100. The predicted molar refractivity (Wildman–Crippen MR) is 107 cm³/mol. The summed E-state index contributed by atoms with van der Waals surface area (Å²) in [6, 6.07) is 14.6. The summed E-state index contributed by atoms with van der Waals surface area (Å²) in [4.78, 5) is 27.0. The van der Waals surface area contributed by atoms with E-state index in [2.05, 4.69) is 10.2 Å². The lowest BCUT2D eigenvalue weighted by molar-refractivity contribution is -0.132. The molecule has 0 bridgehead atoms. The highest BCUT2D eigenvalue weighted by Gasteiger charge is 2.48. The molecule has 28 heavy (non-hydrogen) atoms. The van der Waals surface area contributed by atoms with E-state index < -0.39 is 17.7 Å². The van der Waals surface area contributed by atoms with Gasteiger partial charge in [-0.1, -0.05) is 65.4 Å². The number of benzene rings is 2.